The molecule has 0 radical (unpaired) electrons. The molecule has 14 heteroatoms. The first-order valence-electron chi connectivity index (χ1n) is 6.39. The van der Waals surface area contributed by atoms with Crippen molar-refractivity contribution in [2.24, 2.45) is 0 Å². The number of aryl methyl sites for hydroxylation is 1. The third kappa shape index (κ3) is 5.55. The lowest BCUT2D eigenvalue weighted by Crippen LogP contribution is -2.38. The summed E-state index contributed by atoms with van der Waals surface area (Å²) in [4.78, 5) is 26.9. The van der Waals surface area contributed by atoms with Crippen LogP contribution in [0.3, 0.4) is 0 Å². The first-order chi connectivity index (χ1) is 11.7. The van der Waals surface area contributed by atoms with Crippen molar-refractivity contribution in [1.82, 2.24) is 24.7 Å². The maximum atomic E-state index is 12.0. The zero-order valence-corrected chi connectivity index (χ0v) is 15.1. The Balaban J connectivity index is 2.08. The Kier molecular flexibility index (Phi) is 5.77. The second kappa shape index (κ2) is 7.63. The average molecular weight is 408 g/mol. The van der Waals surface area contributed by atoms with Gasteiger partial charge in [0.15, 0.2) is 5.82 Å². The predicted octanol–water partition coefficient (Wildman–Crippen LogP) is 1.37. The number of urea groups is 1. The van der Waals surface area contributed by atoms with Gasteiger partial charge in [0.1, 0.15) is 11.0 Å². The number of methoxy groups -OCH3 is 1. The van der Waals surface area contributed by atoms with Gasteiger partial charge in [-0.05, 0) is 19.1 Å². The van der Waals surface area contributed by atoms with Crippen LogP contribution in [-0.2, 0) is 10.2 Å². The van der Waals surface area contributed by atoms with Gasteiger partial charge in [-0.2, -0.15) is 23.4 Å². The minimum Gasteiger partial charge on any atom is -0.467 e. The van der Waals surface area contributed by atoms with Crippen LogP contribution in [-0.4, -0.2) is 41.5 Å². The molecule has 0 aliphatic heterocycles. The molecular weight excluding hydrogens is 397 g/mol. The van der Waals surface area contributed by atoms with Gasteiger partial charge in [-0.1, -0.05) is 23.2 Å². The molecule has 0 saturated carbocycles. The van der Waals surface area contributed by atoms with Crippen molar-refractivity contribution >= 4 is 51.2 Å². The molecule has 2 heterocycles. The molecule has 0 spiro atoms. The summed E-state index contributed by atoms with van der Waals surface area (Å²) in [5.41, 5.74) is 0. The van der Waals surface area contributed by atoms with E-state index >= 15 is 0 Å². The van der Waals surface area contributed by atoms with Gasteiger partial charge >= 0.3 is 22.3 Å². The van der Waals surface area contributed by atoms with Crippen molar-refractivity contribution in [2.75, 3.05) is 17.1 Å². The summed E-state index contributed by atoms with van der Waals surface area (Å²) >= 11 is 11.5. The molecule has 0 fully saturated rings. The summed E-state index contributed by atoms with van der Waals surface area (Å²) in [5.74, 6) is -0.179. The Morgan fingerprint density at radius 2 is 1.88 bits per heavy atom. The molecule has 0 aliphatic rings. The van der Waals surface area contributed by atoms with Crippen LogP contribution in [0.2, 0.25) is 10.2 Å². The van der Waals surface area contributed by atoms with E-state index in [2.05, 4.69) is 25.3 Å². The number of hydrogen-bond donors (Lipinski definition) is 3. The summed E-state index contributed by atoms with van der Waals surface area (Å²) < 4.78 is 32.4. The Hall–Kier alpha value is -2.44. The molecule has 134 valence electrons. The van der Waals surface area contributed by atoms with E-state index < -0.39 is 16.2 Å². The number of halogens is 2. The summed E-state index contributed by atoms with van der Waals surface area (Å²) in [6.07, 6.45) is 0. The molecule has 3 N–H and O–H groups in total. The molecule has 2 aromatic heterocycles. The molecule has 11 nitrogen and oxygen atoms in total. The van der Waals surface area contributed by atoms with Gasteiger partial charge in [0.25, 0.3) is 0 Å². The van der Waals surface area contributed by atoms with Gasteiger partial charge < -0.3 is 4.74 Å². The molecular formula is C11H11Cl2N7O4S. The molecule has 25 heavy (non-hydrogen) atoms. The largest absolute Gasteiger partial charge is 0.467 e. The van der Waals surface area contributed by atoms with Crippen LogP contribution in [0.5, 0.6) is 6.01 Å². The Labute approximate surface area is 152 Å². The monoisotopic (exact) mass is 407 g/mol. The number of pyridine rings is 1. The molecule has 2 rings (SSSR count). The zero-order chi connectivity index (χ0) is 18.6. The number of anilines is 2. The van der Waals surface area contributed by atoms with Crippen molar-refractivity contribution in [3.63, 3.8) is 0 Å². The normalized spacial score (nSPS) is 10.9. The number of ether oxygens (including phenoxy) is 1. The van der Waals surface area contributed by atoms with Gasteiger partial charge in [-0.25, -0.2) is 19.2 Å². The molecule has 0 aromatic carbocycles. The minimum absolute atomic E-state index is 0.00647. The van der Waals surface area contributed by atoms with Crippen LogP contribution < -0.4 is 19.5 Å². The van der Waals surface area contributed by atoms with Crippen LogP contribution in [0.15, 0.2) is 12.1 Å². The van der Waals surface area contributed by atoms with Crippen LogP contribution in [0.4, 0.5) is 16.6 Å². The highest BCUT2D eigenvalue weighted by Crippen LogP contribution is 2.22. The number of rotatable bonds is 5. The van der Waals surface area contributed by atoms with Crippen molar-refractivity contribution in [2.45, 2.75) is 6.92 Å². The zero-order valence-electron chi connectivity index (χ0n) is 12.7. The Morgan fingerprint density at radius 3 is 2.56 bits per heavy atom. The average Bonchev–Trinajstić information content (AvgIpc) is 2.49. The molecule has 0 unspecified atom stereocenters. The topological polar surface area (TPSA) is 148 Å². The first kappa shape index (κ1) is 18.9. The van der Waals surface area contributed by atoms with E-state index in [4.69, 9.17) is 27.9 Å². The lowest BCUT2D eigenvalue weighted by molar-refractivity contribution is 0.256. The number of carbonyl (C=O) groups excluding carboxylic acids is 1. The molecule has 0 aliphatic carbocycles. The highest BCUT2D eigenvalue weighted by atomic mass is 35.5. The lowest BCUT2D eigenvalue weighted by Gasteiger charge is -2.10. The summed E-state index contributed by atoms with van der Waals surface area (Å²) in [7, 11) is -3.01. The van der Waals surface area contributed by atoms with Gasteiger partial charge in [-0.3, -0.25) is 5.32 Å². The Morgan fingerprint density at radius 1 is 1.16 bits per heavy atom. The predicted molar refractivity (Wildman–Crippen MR) is 90.1 cm³/mol. The number of nitrogens with one attached hydrogen (secondary N) is 3. The second-order valence-electron chi connectivity index (χ2n) is 4.32. The summed E-state index contributed by atoms with van der Waals surface area (Å²) in [6.45, 7) is 1.54. The minimum atomic E-state index is -4.34. The number of hydrogen-bond acceptors (Lipinski definition) is 8. The third-order valence-electron chi connectivity index (χ3n) is 2.40. The molecule has 0 bridgehead atoms. The van der Waals surface area contributed by atoms with E-state index in [1.54, 1.807) is 11.6 Å². The SMILES string of the molecule is COc1nc(C)nc(NC(=O)NS(=O)(=O)Nc2nc(Cl)ccc2Cl)n1. The lowest BCUT2D eigenvalue weighted by atomic mass is 10.5. The number of amides is 2. The molecule has 0 saturated heterocycles. The van der Waals surface area contributed by atoms with Gasteiger partial charge in [-0.15, -0.1) is 0 Å². The van der Waals surface area contributed by atoms with E-state index in [0.29, 0.717) is 0 Å². The van der Waals surface area contributed by atoms with Crippen LogP contribution >= 0.6 is 23.2 Å². The van der Waals surface area contributed by atoms with Gasteiger partial charge in [0.05, 0.1) is 12.1 Å². The quantitative estimate of drug-likeness (QED) is 0.629. The van der Waals surface area contributed by atoms with E-state index in [1.807, 2.05) is 4.72 Å². The standard InChI is InChI=1S/C11H11Cl2N7O4S/c1-5-14-9(18-11(15-5)24-2)17-10(21)20-25(22,23)19-8-6(12)3-4-7(13)16-8/h3-4H,1-2H3,(H,16,19)(H2,14,15,17,18,20,21). The van der Waals surface area contributed by atoms with Crippen molar-refractivity contribution in [3.8, 4) is 6.01 Å². The highest BCUT2D eigenvalue weighted by molar-refractivity contribution is 7.91. The van der Waals surface area contributed by atoms with Crippen LogP contribution in [0.1, 0.15) is 5.82 Å². The van der Waals surface area contributed by atoms with Crippen LogP contribution in [0, 0.1) is 6.92 Å². The maximum absolute atomic E-state index is 12.0. The fourth-order valence-electron chi connectivity index (χ4n) is 1.50. The van der Waals surface area contributed by atoms with Gasteiger partial charge in [0, 0.05) is 0 Å². The molecule has 0 atom stereocenters. The van der Waals surface area contributed by atoms with E-state index in [-0.39, 0.29) is 33.8 Å². The number of nitrogens with zero attached hydrogens (tertiary/aromatic N) is 4. The fraction of sp³-hybridized carbons (Fsp3) is 0.182. The summed E-state index contributed by atoms with van der Waals surface area (Å²) in [5, 5.41) is 2.14. The van der Waals surface area contributed by atoms with Crippen molar-refractivity contribution in [3.05, 3.63) is 28.1 Å². The summed E-state index contributed by atoms with van der Waals surface area (Å²) in [6, 6.07) is 1.55. The fourth-order valence-corrected chi connectivity index (χ4v) is 2.61. The highest BCUT2D eigenvalue weighted by Gasteiger charge is 2.18. The van der Waals surface area contributed by atoms with Crippen molar-refractivity contribution in [1.29, 1.82) is 0 Å². The number of carbonyl (C=O) groups is 1. The maximum Gasteiger partial charge on any atom is 0.336 e. The van der Waals surface area contributed by atoms with Crippen LogP contribution in [0.25, 0.3) is 0 Å². The first-order valence-corrected chi connectivity index (χ1v) is 8.62. The van der Waals surface area contributed by atoms with E-state index in [9.17, 15) is 13.2 Å². The molecule has 2 amide bonds. The van der Waals surface area contributed by atoms with E-state index in [1.165, 1.54) is 19.2 Å². The van der Waals surface area contributed by atoms with E-state index in [0.717, 1.165) is 0 Å². The van der Waals surface area contributed by atoms with Gasteiger partial charge in [0.2, 0.25) is 5.95 Å². The Bertz CT molecular complexity index is 909. The third-order valence-corrected chi connectivity index (χ3v) is 3.84. The molecule has 2 aromatic rings. The number of aromatic nitrogens is 4. The second-order valence-corrected chi connectivity index (χ2v) is 6.53. The van der Waals surface area contributed by atoms with Crippen molar-refractivity contribution < 1.29 is 17.9 Å². The smallest absolute Gasteiger partial charge is 0.336 e.